The van der Waals surface area contributed by atoms with Crippen LogP contribution in [0.1, 0.15) is 44.8 Å². The Bertz CT molecular complexity index is 1100. The Hall–Kier alpha value is -3.55. The van der Waals surface area contributed by atoms with Crippen LogP contribution in [-0.4, -0.2) is 62.3 Å². The number of nitroso groups, excluding NO2 is 1. The summed E-state index contributed by atoms with van der Waals surface area (Å²) in [5, 5.41) is 0. The molecule has 0 radical (unpaired) electrons. The van der Waals surface area contributed by atoms with Gasteiger partial charge in [0.15, 0.2) is 0 Å². The van der Waals surface area contributed by atoms with Gasteiger partial charge in [-0.3, -0.25) is 14.4 Å². The number of ketones is 1. The average Bonchev–Trinajstić information content (AvgIpc) is 3.40. The van der Waals surface area contributed by atoms with E-state index in [1.807, 2.05) is 18.2 Å². The summed E-state index contributed by atoms with van der Waals surface area (Å²) in [4.78, 5) is 56.8. The van der Waals surface area contributed by atoms with Gasteiger partial charge in [0, 0.05) is 52.7 Å². The van der Waals surface area contributed by atoms with E-state index in [4.69, 9.17) is 0 Å². The third kappa shape index (κ3) is 2.96. The third-order valence-electron chi connectivity index (χ3n) is 6.20. The second-order valence-electron chi connectivity index (χ2n) is 8.09. The van der Waals surface area contributed by atoms with Gasteiger partial charge in [-0.05, 0) is 25.0 Å². The van der Waals surface area contributed by atoms with Crippen LogP contribution in [0.4, 0.5) is 0 Å². The number of rotatable bonds is 3. The Kier molecular flexibility index (Phi) is 4.16. The lowest BCUT2D eigenvalue weighted by atomic mass is 10.0. The fourth-order valence-electron chi connectivity index (χ4n) is 4.39. The molecule has 2 amide bonds. The van der Waals surface area contributed by atoms with Gasteiger partial charge in [-0.15, -0.1) is 0 Å². The number of benzene rings is 1. The molecule has 1 aromatic carbocycles. The molecular weight excluding hydrogens is 384 g/mol. The minimum absolute atomic E-state index is 0.0488. The molecule has 0 unspecified atom stereocenters. The van der Waals surface area contributed by atoms with E-state index in [2.05, 4.69) is 4.98 Å². The van der Waals surface area contributed by atoms with Gasteiger partial charge in [-0.1, -0.05) is 18.2 Å². The van der Waals surface area contributed by atoms with Crippen molar-refractivity contribution in [3.8, 4) is 0 Å². The number of carbonyl (C=O) groups is 3. The molecule has 8 nitrogen and oxygen atoms in total. The van der Waals surface area contributed by atoms with E-state index in [0.29, 0.717) is 36.5 Å². The molecule has 30 heavy (non-hydrogen) atoms. The van der Waals surface area contributed by atoms with Crippen LogP contribution in [0.5, 0.6) is 0 Å². The van der Waals surface area contributed by atoms with Crippen molar-refractivity contribution in [3.63, 3.8) is 0 Å². The maximum Gasteiger partial charge on any atom is 0.295 e. The van der Waals surface area contributed by atoms with E-state index < -0.39 is 17.2 Å². The minimum atomic E-state index is -0.578. The quantitative estimate of drug-likeness (QED) is 0.480. The van der Waals surface area contributed by atoms with Crippen molar-refractivity contribution in [2.24, 2.45) is 0 Å². The predicted molar refractivity (Wildman–Crippen MR) is 108 cm³/mol. The van der Waals surface area contributed by atoms with Crippen LogP contribution in [0.3, 0.4) is 0 Å². The molecule has 152 valence electrons. The van der Waals surface area contributed by atoms with Crippen LogP contribution in [-0.2, 0) is 11.3 Å². The third-order valence-corrected chi connectivity index (χ3v) is 6.20. The van der Waals surface area contributed by atoms with E-state index >= 15 is 0 Å². The van der Waals surface area contributed by atoms with Gasteiger partial charge < -0.3 is 14.8 Å². The van der Waals surface area contributed by atoms with Crippen molar-refractivity contribution < 1.29 is 19.1 Å². The number of H-pyrrole nitrogens is 1. The molecule has 1 spiro atoms. The zero-order valence-electron chi connectivity index (χ0n) is 16.3. The summed E-state index contributed by atoms with van der Waals surface area (Å²) in [5.74, 6) is -1.17. The number of fused-ring (bicyclic) bond motifs is 1. The van der Waals surface area contributed by atoms with Gasteiger partial charge in [0.1, 0.15) is 0 Å². The van der Waals surface area contributed by atoms with Crippen LogP contribution in [0.15, 0.2) is 42.7 Å². The number of amides is 2. The van der Waals surface area contributed by atoms with Gasteiger partial charge in [0.2, 0.25) is 12.7 Å². The first-order chi connectivity index (χ1) is 14.5. The molecule has 5 rings (SSSR count). The topological polar surface area (TPSA) is 93.6 Å². The number of aromatic nitrogens is 1. The standard InChI is InChI=1S/C22H20N4O4/c27-19(17-12-23-18-13-25(30)9-6-16(17)18)21(29)26-11-10-24(14-22(26)7-8-22)20(28)15-4-2-1-3-5-15/h1-6,9,12H,7-8,10-11,13-14H2/p+1. The van der Waals surface area contributed by atoms with Gasteiger partial charge in [-0.25, -0.2) is 0 Å². The van der Waals surface area contributed by atoms with E-state index in [1.165, 1.54) is 12.4 Å². The summed E-state index contributed by atoms with van der Waals surface area (Å²) in [7, 11) is 0. The molecular formula is C22H21N4O4+. The van der Waals surface area contributed by atoms with Crippen LogP contribution in [0.25, 0.3) is 6.08 Å². The molecule has 3 heterocycles. The number of hydrogen-bond acceptors (Lipinski definition) is 4. The Morgan fingerprint density at radius 3 is 2.57 bits per heavy atom. The Morgan fingerprint density at radius 2 is 1.83 bits per heavy atom. The molecule has 2 aliphatic heterocycles. The zero-order valence-corrected chi connectivity index (χ0v) is 16.3. The zero-order chi connectivity index (χ0) is 20.9. The molecule has 1 saturated carbocycles. The smallest absolute Gasteiger partial charge is 0.295 e. The second-order valence-corrected chi connectivity index (χ2v) is 8.09. The van der Waals surface area contributed by atoms with Crippen molar-refractivity contribution in [1.82, 2.24) is 14.8 Å². The molecule has 1 aliphatic carbocycles. The van der Waals surface area contributed by atoms with E-state index in [0.717, 1.165) is 17.6 Å². The summed E-state index contributed by atoms with van der Waals surface area (Å²) in [6, 6.07) is 9.10. The summed E-state index contributed by atoms with van der Waals surface area (Å²) in [5.41, 5.74) is 1.69. The van der Waals surface area contributed by atoms with Crippen molar-refractivity contribution in [3.05, 3.63) is 70.0 Å². The minimum Gasteiger partial charge on any atom is -0.358 e. The van der Waals surface area contributed by atoms with E-state index in [1.54, 1.807) is 28.0 Å². The number of Topliss-reactive ketones (excluding diaryl/α,β-unsaturated/α-hetero) is 1. The Balaban J connectivity index is 1.34. The number of aromatic amines is 1. The van der Waals surface area contributed by atoms with Gasteiger partial charge in [0.25, 0.3) is 17.6 Å². The largest absolute Gasteiger partial charge is 0.358 e. The van der Waals surface area contributed by atoms with Crippen molar-refractivity contribution in [1.29, 1.82) is 0 Å². The molecule has 2 aromatic rings. The molecule has 0 bridgehead atoms. The Labute approximate surface area is 172 Å². The van der Waals surface area contributed by atoms with E-state index in [9.17, 15) is 19.3 Å². The highest BCUT2D eigenvalue weighted by Crippen LogP contribution is 2.45. The molecule has 0 atom stereocenters. The highest BCUT2D eigenvalue weighted by Gasteiger charge is 2.55. The van der Waals surface area contributed by atoms with Crippen LogP contribution in [0, 0.1) is 4.91 Å². The number of piperazine rings is 1. The van der Waals surface area contributed by atoms with Gasteiger partial charge in [0.05, 0.1) is 16.8 Å². The predicted octanol–water partition coefficient (Wildman–Crippen LogP) is 1.98. The summed E-state index contributed by atoms with van der Waals surface area (Å²) < 4.78 is 0.761. The fourth-order valence-corrected chi connectivity index (χ4v) is 4.39. The summed E-state index contributed by atoms with van der Waals surface area (Å²) in [6.45, 7) is 1.29. The normalized spacial score (nSPS) is 19.0. The Morgan fingerprint density at radius 1 is 1.07 bits per heavy atom. The first-order valence-electron chi connectivity index (χ1n) is 10.0. The maximum atomic E-state index is 13.1. The van der Waals surface area contributed by atoms with Gasteiger partial charge >= 0.3 is 0 Å². The first-order valence-corrected chi connectivity index (χ1v) is 10.0. The SMILES string of the molecule is O=C(C(=O)N1CCN(C(=O)c2ccccc2)CC12CC2)c1c[nH]c2c1C=C[N+](=O)C2. The number of nitrogens with zero attached hydrogens (tertiary/aromatic N) is 3. The number of hydrogen-bond donors (Lipinski definition) is 1. The molecule has 2 fully saturated rings. The van der Waals surface area contributed by atoms with Crippen molar-refractivity contribution in [2.75, 3.05) is 19.6 Å². The molecule has 3 aliphatic rings. The fraction of sp³-hybridized carbons (Fsp3) is 0.318. The molecule has 1 saturated heterocycles. The first kappa shape index (κ1) is 18.5. The highest BCUT2D eigenvalue weighted by molar-refractivity contribution is 6.43. The molecule has 1 N–H and O–H groups in total. The van der Waals surface area contributed by atoms with Crippen molar-refractivity contribution in [2.45, 2.75) is 24.9 Å². The van der Waals surface area contributed by atoms with Crippen molar-refractivity contribution >= 4 is 23.7 Å². The molecule has 8 heteroatoms. The number of nitrogens with one attached hydrogen (secondary N) is 1. The maximum absolute atomic E-state index is 13.1. The molecule has 1 aromatic heterocycles. The monoisotopic (exact) mass is 405 g/mol. The average molecular weight is 405 g/mol. The second kappa shape index (κ2) is 6.76. The van der Waals surface area contributed by atoms with Crippen LogP contribution < -0.4 is 0 Å². The highest BCUT2D eigenvalue weighted by atomic mass is 16.3. The number of carbonyl (C=O) groups excluding carboxylic acids is 3. The summed E-state index contributed by atoms with van der Waals surface area (Å²) >= 11 is 0. The van der Waals surface area contributed by atoms with E-state index in [-0.39, 0.29) is 18.0 Å². The van der Waals surface area contributed by atoms with Crippen LogP contribution in [0.2, 0.25) is 0 Å². The lowest BCUT2D eigenvalue weighted by Crippen LogP contribution is -2.59. The summed E-state index contributed by atoms with van der Waals surface area (Å²) in [6.07, 6.45) is 5.98. The lowest BCUT2D eigenvalue weighted by Gasteiger charge is -2.41. The van der Waals surface area contributed by atoms with Gasteiger partial charge in [-0.2, -0.15) is 0 Å². The lowest BCUT2D eigenvalue weighted by molar-refractivity contribution is -0.497. The van der Waals surface area contributed by atoms with Crippen LogP contribution >= 0.6 is 0 Å².